The van der Waals surface area contributed by atoms with Crippen molar-refractivity contribution in [2.24, 2.45) is 0 Å². The minimum Gasteiger partial charge on any atom is -0.476 e. The lowest BCUT2D eigenvalue weighted by Crippen LogP contribution is -2.44. The summed E-state index contributed by atoms with van der Waals surface area (Å²) in [6, 6.07) is 8.76. The largest absolute Gasteiger partial charge is 0.476 e. The van der Waals surface area contributed by atoms with Crippen molar-refractivity contribution in [1.29, 1.82) is 0 Å². The van der Waals surface area contributed by atoms with E-state index >= 15 is 0 Å². The maximum atomic E-state index is 11.1. The van der Waals surface area contributed by atoms with Gasteiger partial charge in [0.1, 0.15) is 5.75 Å². The number of aliphatic carboxylic acids is 1. The molecule has 1 aromatic rings. The van der Waals surface area contributed by atoms with Gasteiger partial charge in [-0.25, -0.2) is 4.79 Å². The van der Waals surface area contributed by atoms with Gasteiger partial charge in [-0.1, -0.05) is 25.1 Å². The predicted molar refractivity (Wildman–Crippen MR) is 59.4 cm³/mol. The van der Waals surface area contributed by atoms with E-state index in [0.29, 0.717) is 12.4 Å². The highest BCUT2D eigenvalue weighted by atomic mass is 16.7. The van der Waals surface area contributed by atoms with E-state index in [9.17, 15) is 4.79 Å². The first kappa shape index (κ1) is 12.5. The standard InChI is InChI=1S/C12H16O4/c1-3-9-15-12(2,11(13)14)16-10-7-5-4-6-8-10/h4-8H,3,9H2,1-2H3,(H,13,14). The molecule has 0 radical (unpaired) electrons. The summed E-state index contributed by atoms with van der Waals surface area (Å²) in [6.45, 7) is 3.65. The highest BCUT2D eigenvalue weighted by Crippen LogP contribution is 2.19. The zero-order valence-electron chi connectivity index (χ0n) is 9.47. The first-order chi connectivity index (χ1) is 7.58. The number of benzene rings is 1. The van der Waals surface area contributed by atoms with Crippen LogP contribution >= 0.6 is 0 Å². The van der Waals surface area contributed by atoms with Gasteiger partial charge in [0, 0.05) is 6.92 Å². The van der Waals surface area contributed by atoms with Gasteiger partial charge >= 0.3 is 11.8 Å². The summed E-state index contributed by atoms with van der Waals surface area (Å²) >= 11 is 0. The van der Waals surface area contributed by atoms with E-state index in [1.54, 1.807) is 24.3 Å². The van der Waals surface area contributed by atoms with Crippen LogP contribution in [0.1, 0.15) is 20.3 Å². The lowest BCUT2D eigenvalue weighted by Gasteiger charge is -2.26. The number of hydrogen-bond donors (Lipinski definition) is 1. The zero-order valence-corrected chi connectivity index (χ0v) is 9.47. The molecule has 16 heavy (non-hydrogen) atoms. The van der Waals surface area contributed by atoms with Gasteiger partial charge in [-0.15, -0.1) is 0 Å². The summed E-state index contributed by atoms with van der Waals surface area (Å²) in [5.41, 5.74) is 0. The summed E-state index contributed by atoms with van der Waals surface area (Å²) in [4.78, 5) is 11.1. The molecule has 1 atom stereocenters. The van der Waals surface area contributed by atoms with Crippen molar-refractivity contribution < 1.29 is 19.4 Å². The lowest BCUT2D eigenvalue weighted by molar-refractivity contribution is -0.205. The highest BCUT2D eigenvalue weighted by Gasteiger charge is 2.36. The summed E-state index contributed by atoms with van der Waals surface area (Å²) in [7, 11) is 0. The summed E-state index contributed by atoms with van der Waals surface area (Å²) in [5, 5.41) is 9.07. The first-order valence-corrected chi connectivity index (χ1v) is 5.20. The Labute approximate surface area is 94.8 Å². The summed E-state index contributed by atoms with van der Waals surface area (Å²) < 4.78 is 10.6. The van der Waals surface area contributed by atoms with Gasteiger partial charge in [0.05, 0.1) is 6.61 Å². The molecule has 4 heteroatoms. The lowest BCUT2D eigenvalue weighted by atomic mass is 10.3. The molecule has 4 nitrogen and oxygen atoms in total. The van der Waals surface area contributed by atoms with Gasteiger partial charge < -0.3 is 14.6 Å². The molecule has 0 amide bonds. The molecule has 0 aromatic heterocycles. The number of para-hydroxylation sites is 1. The second kappa shape index (κ2) is 5.51. The Hall–Kier alpha value is -1.55. The third kappa shape index (κ3) is 3.24. The fraction of sp³-hybridized carbons (Fsp3) is 0.417. The topological polar surface area (TPSA) is 55.8 Å². The fourth-order valence-electron chi connectivity index (χ4n) is 1.15. The molecular formula is C12H16O4. The Bertz CT molecular complexity index is 336. The molecular weight excluding hydrogens is 208 g/mol. The van der Waals surface area contributed by atoms with Crippen LogP contribution in [-0.4, -0.2) is 23.5 Å². The minimum atomic E-state index is -1.63. The van der Waals surface area contributed by atoms with Crippen molar-refractivity contribution in [3.8, 4) is 5.75 Å². The Balaban J connectivity index is 2.75. The molecule has 0 spiro atoms. The average Bonchev–Trinajstić information content (AvgIpc) is 2.27. The molecule has 1 N–H and O–H groups in total. The van der Waals surface area contributed by atoms with Gasteiger partial charge in [0.15, 0.2) is 0 Å². The number of carbonyl (C=O) groups is 1. The van der Waals surface area contributed by atoms with E-state index in [4.69, 9.17) is 14.6 Å². The van der Waals surface area contributed by atoms with Crippen molar-refractivity contribution in [1.82, 2.24) is 0 Å². The van der Waals surface area contributed by atoms with Crippen LogP contribution in [0.5, 0.6) is 5.75 Å². The van der Waals surface area contributed by atoms with Gasteiger partial charge in [-0.3, -0.25) is 0 Å². The van der Waals surface area contributed by atoms with E-state index in [1.807, 2.05) is 13.0 Å². The molecule has 0 fully saturated rings. The molecule has 1 rings (SSSR count). The Morgan fingerprint density at radius 2 is 2.00 bits per heavy atom. The van der Waals surface area contributed by atoms with Crippen molar-refractivity contribution in [2.75, 3.05) is 6.61 Å². The van der Waals surface area contributed by atoms with E-state index in [0.717, 1.165) is 6.42 Å². The van der Waals surface area contributed by atoms with Crippen LogP contribution < -0.4 is 4.74 Å². The van der Waals surface area contributed by atoms with E-state index < -0.39 is 11.8 Å². The Kier molecular flexibility index (Phi) is 4.31. The van der Waals surface area contributed by atoms with E-state index in [2.05, 4.69) is 0 Å². The normalized spacial score (nSPS) is 14.1. The molecule has 0 heterocycles. The molecule has 0 aliphatic rings. The zero-order chi connectivity index (χ0) is 12.0. The smallest absolute Gasteiger partial charge is 0.376 e. The molecule has 0 bridgehead atoms. The van der Waals surface area contributed by atoms with Crippen LogP contribution in [0.25, 0.3) is 0 Å². The molecule has 0 aliphatic carbocycles. The Morgan fingerprint density at radius 1 is 1.38 bits per heavy atom. The summed E-state index contributed by atoms with van der Waals surface area (Å²) in [6.07, 6.45) is 0.737. The SMILES string of the molecule is CCCOC(C)(Oc1ccccc1)C(=O)O. The number of rotatable bonds is 6. The van der Waals surface area contributed by atoms with Crippen molar-refractivity contribution in [2.45, 2.75) is 26.1 Å². The van der Waals surface area contributed by atoms with Crippen molar-refractivity contribution >= 4 is 5.97 Å². The predicted octanol–water partition coefficient (Wildman–Crippen LogP) is 2.29. The van der Waals surface area contributed by atoms with Crippen LogP contribution in [0.4, 0.5) is 0 Å². The van der Waals surface area contributed by atoms with Gasteiger partial charge in [0.25, 0.3) is 0 Å². The second-order valence-electron chi connectivity index (χ2n) is 3.51. The average molecular weight is 224 g/mol. The molecule has 0 saturated heterocycles. The summed E-state index contributed by atoms with van der Waals surface area (Å²) in [5.74, 6) is -2.29. The number of carboxylic acid groups (broad SMARTS) is 1. The second-order valence-corrected chi connectivity index (χ2v) is 3.51. The van der Waals surface area contributed by atoms with Gasteiger partial charge in [0.2, 0.25) is 0 Å². The molecule has 1 aromatic carbocycles. The van der Waals surface area contributed by atoms with Crippen LogP contribution in [0.3, 0.4) is 0 Å². The maximum absolute atomic E-state index is 11.1. The van der Waals surface area contributed by atoms with Crippen LogP contribution in [-0.2, 0) is 9.53 Å². The van der Waals surface area contributed by atoms with Gasteiger partial charge in [-0.2, -0.15) is 0 Å². The third-order valence-electron chi connectivity index (χ3n) is 2.03. The van der Waals surface area contributed by atoms with E-state index in [1.165, 1.54) is 6.92 Å². The fourth-order valence-corrected chi connectivity index (χ4v) is 1.15. The molecule has 1 unspecified atom stereocenters. The van der Waals surface area contributed by atoms with Gasteiger partial charge in [-0.05, 0) is 18.6 Å². The number of ether oxygens (including phenoxy) is 2. The minimum absolute atomic E-state index is 0.343. The third-order valence-corrected chi connectivity index (χ3v) is 2.03. The van der Waals surface area contributed by atoms with Crippen LogP contribution in [0.15, 0.2) is 30.3 Å². The van der Waals surface area contributed by atoms with Crippen molar-refractivity contribution in [3.63, 3.8) is 0 Å². The molecule has 88 valence electrons. The van der Waals surface area contributed by atoms with Crippen LogP contribution in [0.2, 0.25) is 0 Å². The highest BCUT2D eigenvalue weighted by molar-refractivity contribution is 5.75. The molecule has 0 aliphatic heterocycles. The first-order valence-electron chi connectivity index (χ1n) is 5.20. The maximum Gasteiger partial charge on any atom is 0.376 e. The Morgan fingerprint density at radius 3 is 2.50 bits per heavy atom. The number of carboxylic acids is 1. The number of hydrogen-bond acceptors (Lipinski definition) is 3. The quantitative estimate of drug-likeness (QED) is 0.753. The van der Waals surface area contributed by atoms with Crippen molar-refractivity contribution in [3.05, 3.63) is 30.3 Å². The van der Waals surface area contributed by atoms with Crippen LogP contribution in [0, 0.1) is 0 Å². The van der Waals surface area contributed by atoms with E-state index in [-0.39, 0.29) is 0 Å². The molecule has 0 saturated carbocycles. The monoisotopic (exact) mass is 224 g/mol.